The molecule has 1 N–H and O–H groups in total. The summed E-state index contributed by atoms with van der Waals surface area (Å²) in [5.74, 6) is -1.62. The van der Waals surface area contributed by atoms with Gasteiger partial charge < -0.3 is 5.11 Å². The molecule has 90 valence electrons. The lowest BCUT2D eigenvalue weighted by Crippen LogP contribution is -2.05. The Morgan fingerprint density at radius 2 is 2.24 bits per heavy atom. The van der Waals surface area contributed by atoms with E-state index in [0.29, 0.717) is 15.8 Å². The fourth-order valence-electron chi connectivity index (χ4n) is 1.80. The zero-order valence-corrected chi connectivity index (χ0v) is 10.8. The van der Waals surface area contributed by atoms with Gasteiger partial charge >= 0.3 is 5.97 Å². The van der Waals surface area contributed by atoms with Crippen molar-refractivity contribution in [3.05, 3.63) is 33.9 Å². The molecule has 4 nitrogen and oxygen atoms in total. The van der Waals surface area contributed by atoms with Gasteiger partial charge in [0.25, 0.3) is 0 Å². The summed E-state index contributed by atoms with van der Waals surface area (Å²) in [5, 5.41) is 9.09. The van der Waals surface area contributed by atoms with Gasteiger partial charge in [0.2, 0.25) is 0 Å². The highest BCUT2D eigenvalue weighted by Gasteiger charge is 2.22. The van der Waals surface area contributed by atoms with Crippen LogP contribution < -0.4 is 0 Å². The van der Waals surface area contributed by atoms with E-state index in [0.717, 1.165) is 0 Å². The molecule has 0 saturated heterocycles. The Morgan fingerprint density at radius 3 is 2.76 bits per heavy atom. The molecule has 0 bridgehead atoms. The van der Waals surface area contributed by atoms with Gasteiger partial charge in [0.05, 0.1) is 10.2 Å². The number of pyridine rings is 1. The van der Waals surface area contributed by atoms with Crippen molar-refractivity contribution >= 4 is 27.5 Å². The first-order valence-electron chi connectivity index (χ1n) is 5.02. The average molecular weight is 301 g/mol. The molecule has 2 rings (SSSR count). The molecule has 6 heteroatoms. The smallest absolute Gasteiger partial charge is 0.356 e. The van der Waals surface area contributed by atoms with Crippen LogP contribution in [-0.2, 0) is 0 Å². The van der Waals surface area contributed by atoms with Crippen molar-refractivity contribution in [2.24, 2.45) is 0 Å². The van der Waals surface area contributed by atoms with E-state index in [1.807, 2.05) is 13.8 Å². The Morgan fingerprint density at radius 1 is 1.59 bits per heavy atom. The number of carboxylic acid groups (broad SMARTS) is 1. The van der Waals surface area contributed by atoms with E-state index in [1.165, 1.54) is 16.7 Å². The molecule has 2 heterocycles. The third-order valence-corrected chi connectivity index (χ3v) is 3.01. The van der Waals surface area contributed by atoms with Crippen LogP contribution in [0.25, 0.3) is 5.65 Å². The quantitative estimate of drug-likeness (QED) is 0.927. The second kappa shape index (κ2) is 4.10. The maximum absolute atomic E-state index is 13.3. The number of aromatic nitrogens is 2. The lowest BCUT2D eigenvalue weighted by Gasteiger charge is -2.06. The number of carbonyl (C=O) groups is 1. The summed E-state index contributed by atoms with van der Waals surface area (Å²) in [4.78, 5) is 15.1. The van der Waals surface area contributed by atoms with Crippen LogP contribution >= 0.6 is 15.9 Å². The Hall–Kier alpha value is -1.43. The van der Waals surface area contributed by atoms with Gasteiger partial charge in [0.1, 0.15) is 5.82 Å². The van der Waals surface area contributed by atoms with Crippen molar-refractivity contribution in [3.63, 3.8) is 0 Å². The van der Waals surface area contributed by atoms with Gasteiger partial charge in [0, 0.05) is 6.20 Å². The fraction of sp³-hybridized carbons (Fsp3) is 0.273. The first kappa shape index (κ1) is 12.0. The SMILES string of the molecule is CC(C)c1c(C(=O)O)nc2c(Br)cc(F)cn12. The first-order valence-corrected chi connectivity index (χ1v) is 5.81. The molecule has 0 radical (unpaired) electrons. The zero-order valence-electron chi connectivity index (χ0n) is 9.24. The van der Waals surface area contributed by atoms with E-state index < -0.39 is 11.8 Å². The number of fused-ring (bicyclic) bond motifs is 1. The summed E-state index contributed by atoms with van der Waals surface area (Å²) in [6.45, 7) is 3.68. The molecule has 17 heavy (non-hydrogen) atoms. The summed E-state index contributed by atoms with van der Waals surface area (Å²) >= 11 is 3.18. The van der Waals surface area contributed by atoms with E-state index in [9.17, 15) is 9.18 Å². The number of halogens is 2. The predicted octanol–water partition coefficient (Wildman–Crippen LogP) is 3.06. The number of nitrogens with zero attached hydrogens (tertiary/aromatic N) is 2. The van der Waals surface area contributed by atoms with Crippen LogP contribution in [-0.4, -0.2) is 20.5 Å². The minimum absolute atomic E-state index is 0.0358. The summed E-state index contributed by atoms with van der Waals surface area (Å²) in [6, 6.07) is 1.26. The van der Waals surface area contributed by atoms with Crippen LogP contribution in [0, 0.1) is 5.82 Å². The second-order valence-electron chi connectivity index (χ2n) is 4.01. The van der Waals surface area contributed by atoms with Crippen LogP contribution in [0.3, 0.4) is 0 Å². The van der Waals surface area contributed by atoms with Gasteiger partial charge in [0.15, 0.2) is 11.3 Å². The molecule has 0 fully saturated rings. The van der Waals surface area contributed by atoms with Crippen LogP contribution in [0.15, 0.2) is 16.7 Å². The van der Waals surface area contributed by atoms with Crippen LogP contribution in [0.2, 0.25) is 0 Å². The number of rotatable bonds is 2. The van der Waals surface area contributed by atoms with Gasteiger partial charge in [-0.1, -0.05) is 13.8 Å². The van der Waals surface area contributed by atoms with Crippen LogP contribution in [0.5, 0.6) is 0 Å². The van der Waals surface area contributed by atoms with E-state index in [2.05, 4.69) is 20.9 Å². The van der Waals surface area contributed by atoms with Gasteiger partial charge in [-0.25, -0.2) is 14.2 Å². The molecule has 0 atom stereocenters. The van der Waals surface area contributed by atoms with Gasteiger partial charge in [-0.05, 0) is 27.9 Å². The highest BCUT2D eigenvalue weighted by Crippen LogP contribution is 2.26. The molecule has 0 saturated carbocycles. The van der Waals surface area contributed by atoms with Crippen molar-refractivity contribution in [3.8, 4) is 0 Å². The third-order valence-electron chi connectivity index (χ3n) is 2.43. The molecule has 0 aliphatic rings. The van der Waals surface area contributed by atoms with E-state index >= 15 is 0 Å². The summed E-state index contributed by atoms with van der Waals surface area (Å²) in [5.41, 5.74) is 0.867. The molecule has 0 aliphatic heterocycles. The largest absolute Gasteiger partial charge is 0.476 e. The number of imidazole rings is 1. The van der Waals surface area contributed by atoms with Crippen LogP contribution in [0.1, 0.15) is 35.9 Å². The van der Waals surface area contributed by atoms with E-state index in [-0.39, 0.29) is 11.6 Å². The van der Waals surface area contributed by atoms with Crippen molar-refractivity contribution in [2.75, 3.05) is 0 Å². The molecule has 0 unspecified atom stereocenters. The maximum Gasteiger partial charge on any atom is 0.356 e. The van der Waals surface area contributed by atoms with Crippen molar-refractivity contribution in [2.45, 2.75) is 19.8 Å². The molecule has 0 aromatic carbocycles. The third kappa shape index (κ3) is 1.93. The zero-order chi connectivity index (χ0) is 12.7. The highest BCUT2D eigenvalue weighted by atomic mass is 79.9. The number of hydrogen-bond donors (Lipinski definition) is 1. The molecule has 0 aliphatic carbocycles. The molecular weight excluding hydrogens is 291 g/mol. The summed E-state index contributed by atoms with van der Waals surface area (Å²) in [7, 11) is 0. The lowest BCUT2D eigenvalue weighted by molar-refractivity contribution is 0.0689. The van der Waals surface area contributed by atoms with Crippen LogP contribution in [0.4, 0.5) is 4.39 Å². The molecule has 2 aromatic rings. The fourth-order valence-corrected chi connectivity index (χ4v) is 2.30. The molecule has 0 amide bonds. The molecule has 0 spiro atoms. The Kier molecular flexibility index (Phi) is 2.91. The Bertz CT molecular complexity index is 607. The minimum Gasteiger partial charge on any atom is -0.476 e. The number of hydrogen-bond acceptors (Lipinski definition) is 2. The summed E-state index contributed by atoms with van der Waals surface area (Å²) in [6.07, 6.45) is 1.24. The van der Waals surface area contributed by atoms with Crippen molar-refractivity contribution in [1.29, 1.82) is 0 Å². The van der Waals surface area contributed by atoms with E-state index in [1.54, 1.807) is 0 Å². The number of aromatic carboxylic acids is 1. The van der Waals surface area contributed by atoms with Gasteiger partial charge in [-0.15, -0.1) is 0 Å². The molecule has 2 aromatic heterocycles. The molecular formula is C11H10BrFN2O2. The second-order valence-corrected chi connectivity index (χ2v) is 4.86. The van der Waals surface area contributed by atoms with Crippen molar-refractivity contribution in [1.82, 2.24) is 9.38 Å². The normalized spacial score (nSPS) is 11.4. The highest BCUT2D eigenvalue weighted by molar-refractivity contribution is 9.10. The summed E-state index contributed by atoms with van der Waals surface area (Å²) < 4.78 is 15.2. The van der Waals surface area contributed by atoms with E-state index in [4.69, 9.17) is 5.11 Å². The Balaban J connectivity index is 2.90. The first-order chi connectivity index (χ1) is 7.91. The monoisotopic (exact) mass is 300 g/mol. The standard InChI is InChI=1S/C11H10BrFN2O2/c1-5(2)9-8(11(16)17)14-10-7(12)3-6(13)4-15(9)10/h3-5H,1-2H3,(H,16,17). The maximum atomic E-state index is 13.3. The topological polar surface area (TPSA) is 54.6 Å². The number of carboxylic acids is 1. The minimum atomic E-state index is -1.11. The predicted molar refractivity (Wildman–Crippen MR) is 63.9 cm³/mol. The van der Waals surface area contributed by atoms with Crippen molar-refractivity contribution < 1.29 is 14.3 Å². The average Bonchev–Trinajstić information content (AvgIpc) is 2.56. The Labute approximate surface area is 105 Å². The van der Waals surface area contributed by atoms with Gasteiger partial charge in [-0.2, -0.15) is 0 Å². The lowest BCUT2D eigenvalue weighted by atomic mass is 10.1. The van der Waals surface area contributed by atoms with Gasteiger partial charge in [-0.3, -0.25) is 4.40 Å².